The molecule has 1 aliphatic heterocycles. The van der Waals surface area contributed by atoms with Gasteiger partial charge in [0.25, 0.3) is 0 Å². The van der Waals surface area contributed by atoms with Crippen LogP contribution in [-0.2, 0) is 6.42 Å². The molecule has 0 bridgehead atoms. The number of thioether (sulfide) groups is 1. The van der Waals surface area contributed by atoms with E-state index in [9.17, 15) is 4.39 Å². The molecule has 2 rings (SSSR count). The standard InChI is InChI=1S/C13H19FN2S/c1-10-9-17-8-7-16(10)13-4-2-3-12(14)11(13)5-6-15/h2-4,10H,5-9,15H2,1H3. The zero-order chi connectivity index (χ0) is 12.3. The van der Waals surface area contributed by atoms with Gasteiger partial charge >= 0.3 is 0 Å². The van der Waals surface area contributed by atoms with Gasteiger partial charge in [-0.15, -0.1) is 0 Å². The lowest BCUT2D eigenvalue weighted by Crippen LogP contribution is -2.41. The van der Waals surface area contributed by atoms with Gasteiger partial charge in [-0.1, -0.05) is 6.07 Å². The molecule has 1 atom stereocenters. The van der Waals surface area contributed by atoms with Crippen LogP contribution in [0.4, 0.5) is 10.1 Å². The Morgan fingerprint density at radius 1 is 1.53 bits per heavy atom. The van der Waals surface area contributed by atoms with Crippen molar-refractivity contribution in [2.24, 2.45) is 5.73 Å². The van der Waals surface area contributed by atoms with Crippen molar-refractivity contribution in [2.45, 2.75) is 19.4 Å². The quantitative estimate of drug-likeness (QED) is 0.897. The lowest BCUT2D eigenvalue weighted by atomic mass is 10.1. The minimum absolute atomic E-state index is 0.127. The number of rotatable bonds is 3. The van der Waals surface area contributed by atoms with Crippen molar-refractivity contribution in [2.75, 3.05) is 29.5 Å². The van der Waals surface area contributed by atoms with E-state index in [1.165, 1.54) is 6.07 Å². The van der Waals surface area contributed by atoms with Crippen LogP contribution in [-0.4, -0.2) is 30.6 Å². The Balaban J connectivity index is 2.32. The zero-order valence-electron chi connectivity index (χ0n) is 10.2. The Kier molecular flexibility index (Phi) is 4.29. The third-order valence-electron chi connectivity index (χ3n) is 3.17. The van der Waals surface area contributed by atoms with E-state index in [1.54, 1.807) is 6.07 Å². The Bertz CT molecular complexity index is 384. The van der Waals surface area contributed by atoms with Gasteiger partial charge < -0.3 is 10.6 Å². The first kappa shape index (κ1) is 12.7. The van der Waals surface area contributed by atoms with E-state index < -0.39 is 0 Å². The Labute approximate surface area is 106 Å². The van der Waals surface area contributed by atoms with Crippen LogP contribution in [0.25, 0.3) is 0 Å². The zero-order valence-corrected chi connectivity index (χ0v) is 11.0. The monoisotopic (exact) mass is 254 g/mol. The first-order valence-corrected chi connectivity index (χ1v) is 7.21. The predicted molar refractivity (Wildman–Crippen MR) is 73.3 cm³/mol. The molecule has 0 amide bonds. The predicted octanol–water partition coefficient (Wildman–Crippen LogP) is 2.27. The molecule has 94 valence electrons. The van der Waals surface area contributed by atoms with Crippen LogP contribution in [0.5, 0.6) is 0 Å². The number of hydrogen-bond donors (Lipinski definition) is 1. The average molecular weight is 254 g/mol. The van der Waals surface area contributed by atoms with E-state index >= 15 is 0 Å². The maximum absolute atomic E-state index is 13.8. The minimum Gasteiger partial charge on any atom is -0.367 e. The van der Waals surface area contributed by atoms with Gasteiger partial charge in [-0.3, -0.25) is 0 Å². The van der Waals surface area contributed by atoms with Crippen LogP contribution in [0.15, 0.2) is 18.2 Å². The molecule has 1 aromatic carbocycles. The molecule has 0 saturated carbocycles. The number of hydrogen-bond acceptors (Lipinski definition) is 3. The lowest BCUT2D eigenvalue weighted by Gasteiger charge is -2.36. The van der Waals surface area contributed by atoms with Crippen LogP contribution in [0.2, 0.25) is 0 Å². The summed E-state index contributed by atoms with van der Waals surface area (Å²) in [5.41, 5.74) is 7.38. The third kappa shape index (κ3) is 2.75. The summed E-state index contributed by atoms with van der Waals surface area (Å²) in [6.45, 7) is 3.68. The van der Waals surface area contributed by atoms with Gasteiger partial charge in [0.1, 0.15) is 5.82 Å². The highest BCUT2D eigenvalue weighted by atomic mass is 32.2. The summed E-state index contributed by atoms with van der Waals surface area (Å²) in [5.74, 6) is 2.10. The van der Waals surface area contributed by atoms with Crippen molar-refractivity contribution < 1.29 is 4.39 Å². The Morgan fingerprint density at radius 2 is 2.35 bits per heavy atom. The summed E-state index contributed by atoms with van der Waals surface area (Å²) in [7, 11) is 0. The number of benzene rings is 1. The average Bonchev–Trinajstić information content (AvgIpc) is 2.33. The second-order valence-corrected chi connectivity index (χ2v) is 5.54. The van der Waals surface area contributed by atoms with Gasteiger partial charge in [0.15, 0.2) is 0 Å². The summed E-state index contributed by atoms with van der Waals surface area (Å²) in [4.78, 5) is 2.31. The summed E-state index contributed by atoms with van der Waals surface area (Å²) in [5, 5.41) is 0. The van der Waals surface area contributed by atoms with Gasteiger partial charge in [-0.2, -0.15) is 11.8 Å². The van der Waals surface area contributed by atoms with E-state index in [-0.39, 0.29) is 5.82 Å². The molecule has 2 nitrogen and oxygen atoms in total. The molecule has 1 heterocycles. The summed E-state index contributed by atoms with van der Waals surface area (Å²) < 4.78 is 13.8. The number of nitrogens with two attached hydrogens (primary N) is 1. The molecule has 0 aliphatic carbocycles. The summed E-state index contributed by atoms with van der Waals surface area (Å²) in [6, 6.07) is 5.80. The fraction of sp³-hybridized carbons (Fsp3) is 0.538. The van der Waals surface area contributed by atoms with Crippen molar-refractivity contribution in [3.63, 3.8) is 0 Å². The highest BCUT2D eigenvalue weighted by molar-refractivity contribution is 7.99. The van der Waals surface area contributed by atoms with Crippen molar-refractivity contribution in [3.05, 3.63) is 29.6 Å². The molecule has 0 aromatic heterocycles. The molecule has 2 N–H and O–H groups in total. The maximum atomic E-state index is 13.8. The van der Waals surface area contributed by atoms with Crippen LogP contribution in [0, 0.1) is 5.82 Å². The molecule has 17 heavy (non-hydrogen) atoms. The molecular formula is C13H19FN2S. The van der Waals surface area contributed by atoms with Crippen LogP contribution < -0.4 is 10.6 Å². The molecule has 4 heteroatoms. The molecular weight excluding hydrogens is 235 g/mol. The molecule has 1 aromatic rings. The number of nitrogens with zero attached hydrogens (tertiary/aromatic N) is 1. The Hall–Kier alpha value is -0.740. The van der Waals surface area contributed by atoms with E-state index in [2.05, 4.69) is 11.8 Å². The van der Waals surface area contributed by atoms with Crippen molar-refractivity contribution >= 4 is 17.4 Å². The van der Waals surface area contributed by atoms with Gasteiger partial charge in [0, 0.05) is 35.3 Å². The van der Waals surface area contributed by atoms with Gasteiger partial charge in [-0.05, 0) is 32.0 Å². The number of halogens is 1. The van der Waals surface area contributed by atoms with Crippen molar-refractivity contribution in [3.8, 4) is 0 Å². The molecule has 1 unspecified atom stereocenters. The highest BCUT2D eigenvalue weighted by Gasteiger charge is 2.22. The minimum atomic E-state index is -0.127. The van der Waals surface area contributed by atoms with Crippen molar-refractivity contribution in [1.29, 1.82) is 0 Å². The van der Waals surface area contributed by atoms with Gasteiger partial charge in [0.2, 0.25) is 0 Å². The van der Waals surface area contributed by atoms with Crippen LogP contribution in [0.3, 0.4) is 0 Å². The second-order valence-electron chi connectivity index (χ2n) is 4.39. The smallest absolute Gasteiger partial charge is 0.128 e. The fourth-order valence-electron chi connectivity index (χ4n) is 2.29. The number of anilines is 1. The van der Waals surface area contributed by atoms with Gasteiger partial charge in [-0.25, -0.2) is 4.39 Å². The van der Waals surface area contributed by atoms with E-state index in [1.807, 2.05) is 17.8 Å². The summed E-state index contributed by atoms with van der Waals surface area (Å²) in [6.07, 6.45) is 0.609. The normalized spacial score (nSPS) is 20.6. The third-order valence-corrected chi connectivity index (χ3v) is 4.35. The topological polar surface area (TPSA) is 29.3 Å². The fourth-order valence-corrected chi connectivity index (χ4v) is 3.31. The van der Waals surface area contributed by atoms with E-state index in [4.69, 9.17) is 5.73 Å². The van der Waals surface area contributed by atoms with Gasteiger partial charge in [0.05, 0.1) is 0 Å². The molecule has 1 fully saturated rings. The highest BCUT2D eigenvalue weighted by Crippen LogP contribution is 2.28. The van der Waals surface area contributed by atoms with Crippen LogP contribution >= 0.6 is 11.8 Å². The first-order valence-electron chi connectivity index (χ1n) is 6.06. The molecule has 1 aliphatic rings. The van der Waals surface area contributed by atoms with Crippen LogP contribution in [0.1, 0.15) is 12.5 Å². The van der Waals surface area contributed by atoms with Crippen molar-refractivity contribution in [1.82, 2.24) is 0 Å². The lowest BCUT2D eigenvalue weighted by molar-refractivity contribution is 0.604. The molecule has 0 radical (unpaired) electrons. The van der Waals surface area contributed by atoms with E-state index in [0.29, 0.717) is 19.0 Å². The summed E-state index contributed by atoms with van der Waals surface area (Å²) >= 11 is 1.96. The molecule has 1 saturated heterocycles. The SMILES string of the molecule is CC1CSCCN1c1cccc(F)c1CCN. The molecule has 0 spiro atoms. The first-order chi connectivity index (χ1) is 8.24. The maximum Gasteiger partial charge on any atom is 0.128 e. The second kappa shape index (κ2) is 5.74. The van der Waals surface area contributed by atoms with E-state index in [0.717, 1.165) is 29.3 Å². The largest absolute Gasteiger partial charge is 0.367 e. The Morgan fingerprint density at radius 3 is 3.06 bits per heavy atom.